The van der Waals surface area contributed by atoms with E-state index in [1.807, 2.05) is 0 Å². The summed E-state index contributed by atoms with van der Waals surface area (Å²) < 4.78 is 39.2. The van der Waals surface area contributed by atoms with Crippen molar-refractivity contribution in [1.29, 1.82) is 0 Å². The molecule has 3 aromatic rings. The SMILES string of the molecule is NC(=O)N(Nc1ccc(-c2cncnc2)cc1)c1ccc(Cl)c(C(F)(F)F)c1. The predicted octanol–water partition coefficient (Wildman–Crippen LogP) is 4.73. The van der Waals surface area contributed by atoms with Crippen molar-refractivity contribution >= 4 is 29.0 Å². The van der Waals surface area contributed by atoms with Gasteiger partial charge < -0.3 is 5.73 Å². The zero-order chi connectivity index (χ0) is 20.3. The first kappa shape index (κ1) is 19.4. The van der Waals surface area contributed by atoms with Crippen LogP contribution in [0.5, 0.6) is 0 Å². The number of carbonyl (C=O) groups excluding carboxylic acids is 1. The number of amides is 2. The molecule has 10 heteroatoms. The predicted molar refractivity (Wildman–Crippen MR) is 99.6 cm³/mol. The van der Waals surface area contributed by atoms with E-state index in [1.165, 1.54) is 12.4 Å². The van der Waals surface area contributed by atoms with Gasteiger partial charge in [0, 0.05) is 18.0 Å². The van der Waals surface area contributed by atoms with E-state index in [9.17, 15) is 18.0 Å². The number of hydrogen-bond donors (Lipinski definition) is 2. The van der Waals surface area contributed by atoms with Crippen LogP contribution in [0.25, 0.3) is 11.1 Å². The largest absolute Gasteiger partial charge is 0.417 e. The van der Waals surface area contributed by atoms with E-state index >= 15 is 0 Å². The second-order valence-corrected chi connectivity index (χ2v) is 6.06. The maximum Gasteiger partial charge on any atom is 0.417 e. The van der Waals surface area contributed by atoms with Crippen LogP contribution in [0, 0.1) is 0 Å². The Balaban J connectivity index is 1.87. The van der Waals surface area contributed by atoms with E-state index in [-0.39, 0.29) is 5.69 Å². The van der Waals surface area contributed by atoms with E-state index in [2.05, 4.69) is 15.4 Å². The lowest BCUT2D eigenvalue weighted by Gasteiger charge is -2.23. The van der Waals surface area contributed by atoms with Crippen molar-refractivity contribution in [2.75, 3.05) is 10.4 Å². The van der Waals surface area contributed by atoms with Crippen LogP contribution in [-0.4, -0.2) is 16.0 Å². The number of hydrazine groups is 1. The minimum Gasteiger partial charge on any atom is -0.350 e. The summed E-state index contributed by atoms with van der Waals surface area (Å²) in [4.78, 5) is 19.7. The van der Waals surface area contributed by atoms with Gasteiger partial charge in [-0.05, 0) is 35.9 Å². The van der Waals surface area contributed by atoms with Gasteiger partial charge in [-0.3, -0.25) is 5.43 Å². The van der Waals surface area contributed by atoms with Crippen molar-refractivity contribution in [2.45, 2.75) is 6.18 Å². The Labute approximate surface area is 162 Å². The van der Waals surface area contributed by atoms with Crippen LogP contribution in [0.15, 0.2) is 61.2 Å². The van der Waals surface area contributed by atoms with Gasteiger partial charge in [0.15, 0.2) is 0 Å². The zero-order valence-corrected chi connectivity index (χ0v) is 14.9. The lowest BCUT2D eigenvalue weighted by molar-refractivity contribution is -0.137. The standard InChI is InChI=1S/C18H13ClF3N5O/c19-16-6-5-14(7-15(16)18(20,21)22)27(17(23)28)26-13-3-1-11(2-4-13)12-8-24-10-25-9-12/h1-10,26H,(H2,23,28). The Morgan fingerprint density at radius 3 is 2.25 bits per heavy atom. The fourth-order valence-electron chi connectivity index (χ4n) is 2.43. The van der Waals surface area contributed by atoms with E-state index in [4.69, 9.17) is 17.3 Å². The average Bonchev–Trinajstić information content (AvgIpc) is 2.67. The second kappa shape index (κ2) is 7.73. The molecule has 0 aliphatic heterocycles. The molecule has 0 atom stereocenters. The number of anilines is 2. The number of carbonyl (C=O) groups is 1. The fraction of sp³-hybridized carbons (Fsp3) is 0.0556. The lowest BCUT2D eigenvalue weighted by Crippen LogP contribution is -2.40. The van der Waals surface area contributed by atoms with Crippen LogP contribution in [0.3, 0.4) is 0 Å². The maximum absolute atomic E-state index is 13.1. The van der Waals surface area contributed by atoms with Crippen molar-refractivity contribution in [1.82, 2.24) is 9.97 Å². The van der Waals surface area contributed by atoms with Crippen LogP contribution in [0.1, 0.15) is 5.56 Å². The number of alkyl halides is 3. The average molecular weight is 408 g/mol. The molecule has 6 nitrogen and oxygen atoms in total. The molecule has 0 bridgehead atoms. The lowest BCUT2D eigenvalue weighted by atomic mass is 10.1. The van der Waals surface area contributed by atoms with Gasteiger partial charge in [-0.25, -0.2) is 19.8 Å². The molecule has 1 heterocycles. The molecule has 0 unspecified atom stereocenters. The molecule has 2 amide bonds. The quantitative estimate of drug-likeness (QED) is 0.612. The van der Waals surface area contributed by atoms with Gasteiger partial charge in [-0.2, -0.15) is 13.2 Å². The smallest absolute Gasteiger partial charge is 0.350 e. The van der Waals surface area contributed by atoms with E-state index < -0.39 is 22.8 Å². The van der Waals surface area contributed by atoms with E-state index in [0.717, 1.165) is 28.3 Å². The highest BCUT2D eigenvalue weighted by Gasteiger charge is 2.34. The second-order valence-electron chi connectivity index (χ2n) is 5.65. The van der Waals surface area contributed by atoms with E-state index in [0.29, 0.717) is 5.69 Å². The van der Waals surface area contributed by atoms with Crippen molar-refractivity contribution in [3.8, 4) is 11.1 Å². The van der Waals surface area contributed by atoms with Crippen LogP contribution in [0.2, 0.25) is 5.02 Å². The number of benzene rings is 2. The normalized spacial score (nSPS) is 11.1. The van der Waals surface area contributed by atoms with E-state index in [1.54, 1.807) is 36.7 Å². The topological polar surface area (TPSA) is 84.1 Å². The summed E-state index contributed by atoms with van der Waals surface area (Å²) in [6.07, 6.45) is 0.0103. The number of nitrogens with zero attached hydrogens (tertiary/aromatic N) is 3. The van der Waals surface area contributed by atoms with Gasteiger partial charge in [0.25, 0.3) is 0 Å². The number of nitrogens with one attached hydrogen (secondary N) is 1. The molecule has 1 aromatic heterocycles. The molecule has 3 N–H and O–H groups in total. The van der Waals surface area contributed by atoms with Crippen molar-refractivity contribution in [3.05, 3.63) is 71.8 Å². The molecule has 144 valence electrons. The number of halogens is 4. The minimum absolute atomic E-state index is 0.107. The molecular weight excluding hydrogens is 395 g/mol. The number of urea groups is 1. The molecule has 0 radical (unpaired) electrons. The summed E-state index contributed by atoms with van der Waals surface area (Å²) in [7, 11) is 0. The molecule has 2 aromatic carbocycles. The Morgan fingerprint density at radius 1 is 1.04 bits per heavy atom. The molecular formula is C18H13ClF3N5O. The van der Waals surface area contributed by atoms with Crippen molar-refractivity contribution in [2.24, 2.45) is 5.73 Å². The molecule has 0 fully saturated rings. The first-order valence-corrected chi connectivity index (χ1v) is 8.22. The van der Waals surface area contributed by atoms with Crippen LogP contribution < -0.4 is 16.2 Å². The monoisotopic (exact) mass is 407 g/mol. The van der Waals surface area contributed by atoms with Crippen molar-refractivity contribution < 1.29 is 18.0 Å². The van der Waals surface area contributed by atoms with Crippen LogP contribution >= 0.6 is 11.6 Å². The summed E-state index contributed by atoms with van der Waals surface area (Å²) in [5.74, 6) is 0. The zero-order valence-electron chi connectivity index (χ0n) is 14.1. The maximum atomic E-state index is 13.1. The van der Waals surface area contributed by atoms with Gasteiger partial charge >= 0.3 is 12.2 Å². The highest BCUT2D eigenvalue weighted by molar-refractivity contribution is 6.31. The minimum atomic E-state index is -4.67. The molecule has 0 aliphatic rings. The number of rotatable bonds is 4. The summed E-state index contributed by atoms with van der Waals surface area (Å²) >= 11 is 5.62. The van der Waals surface area contributed by atoms with Gasteiger partial charge in [0.2, 0.25) is 0 Å². The van der Waals surface area contributed by atoms with Gasteiger partial charge in [-0.15, -0.1) is 0 Å². The molecule has 28 heavy (non-hydrogen) atoms. The third-order valence-electron chi connectivity index (χ3n) is 3.75. The molecule has 0 saturated carbocycles. The van der Waals surface area contributed by atoms with Crippen LogP contribution in [-0.2, 0) is 6.18 Å². The number of nitrogens with two attached hydrogens (primary N) is 1. The summed E-state index contributed by atoms with van der Waals surface area (Å²) in [5, 5.41) is 0.321. The highest BCUT2D eigenvalue weighted by Crippen LogP contribution is 2.37. The Hall–Kier alpha value is -3.33. The van der Waals surface area contributed by atoms with Crippen molar-refractivity contribution in [3.63, 3.8) is 0 Å². The molecule has 3 rings (SSSR count). The first-order valence-electron chi connectivity index (χ1n) is 7.84. The fourth-order valence-corrected chi connectivity index (χ4v) is 2.66. The Kier molecular flexibility index (Phi) is 5.36. The first-order chi connectivity index (χ1) is 13.3. The Bertz CT molecular complexity index is 981. The summed E-state index contributed by atoms with van der Waals surface area (Å²) in [6.45, 7) is 0. The summed E-state index contributed by atoms with van der Waals surface area (Å²) in [6, 6.07) is 8.82. The van der Waals surface area contributed by atoms with Gasteiger partial charge in [-0.1, -0.05) is 23.7 Å². The molecule has 0 spiro atoms. The number of aromatic nitrogens is 2. The highest BCUT2D eigenvalue weighted by atomic mass is 35.5. The third kappa shape index (κ3) is 4.32. The van der Waals surface area contributed by atoms with Gasteiger partial charge in [0.1, 0.15) is 6.33 Å². The molecule has 0 saturated heterocycles. The molecule has 0 aliphatic carbocycles. The number of hydrogen-bond acceptors (Lipinski definition) is 4. The summed E-state index contributed by atoms with van der Waals surface area (Å²) in [5.41, 5.74) is 8.88. The number of primary amides is 1. The van der Waals surface area contributed by atoms with Crippen LogP contribution in [0.4, 0.5) is 29.3 Å². The Morgan fingerprint density at radius 2 is 1.68 bits per heavy atom. The van der Waals surface area contributed by atoms with Gasteiger partial charge in [0.05, 0.1) is 22.0 Å². The third-order valence-corrected chi connectivity index (χ3v) is 4.08.